The summed E-state index contributed by atoms with van der Waals surface area (Å²) in [6.45, 7) is 0. The summed E-state index contributed by atoms with van der Waals surface area (Å²) in [6.07, 6.45) is 0.558. The zero-order chi connectivity index (χ0) is 15.6. The molecule has 0 heterocycles. The molecule has 1 N–H and O–H groups in total. The molecule has 112 valence electrons. The molecule has 4 heteroatoms. The van der Waals surface area contributed by atoms with Crippen molar-refractivity contribution >= 4 is 11.9 Å². The van der Waals surface area contributed by atoms with Gasteiger partial charge in [0.1, 0.15) is 5.54 Å². The van der Waals surface area contributed by atoms with Crippen molar-refractivity contribution in [2.45, 2.75) is 17.9 Å². The van der Waals surface area contributed by atoms with Crippen LogP contribution < -0.4 is 5.32 Å². The summed E-state index contributed by atoms with van der Waals surface area (Å²) in [6, 6.07) is 18.6. The zero-order valence-corrected chi connectivity index (χ0v) is 12.3. The van der Waals surface area contributed by atoms with Crippen molar-refractivity contribution in [3.63, 3.8) is 0 Å². The molecular weight excluding hydrogens is 278 g/mol. The van der Waals surface area contributed by atoms with Gasteiger partial charge in [0.05, 0.1) is 7.11 Å². The second-order valence-corrected chi connectivity index (χ2v) is 5.45. The van der Waals surface area contributed by atoms with Crippen molar-refractivity contribution in [3.8, 4) is 0 Å². The lowest BCUT2D eigenvalue weighted by molar-refractivity contribution is -0.144. The molecule has 0 saturated heterocycles. The lowest BCUT2D eigenvalue weighted by Crippen LogP contribution is -2.45. The molecule has 1 aliphatic rings. The monoisotopic (exact) mass is 295 g/mol. The Bertz CT molecular complexity index is 684. The summed E-state index contributed by atoms with van der Waals surface area (Å²) in [7, 11) is 1.35. The highest BCUT2D eigenvalue weighted by Crippen LogP contribution is 2.52. The van der Waals surface area contributed by atoms with Crippen molar-refractivity contribution in [3.05, 3.63) is 71.8 Å². The minimum absolute atomic E-state index is 0.0474. The van der Waals surface area contributed by atoms with Gasteiger partial charge in [-0.25, -0.2) is 4.79 Å². The van der Waals surface area contributed by atoms with E-state index in [-0.39, 0.29) is 11.8 Å². The van der Waals surface area contributed by atoms with Gasteiger partial charge in [0.25, 0.3) is 5.91 Å². The largest absolute Gasteiger partial charge is 0.467 e. The van der Waals surface area contributed by atoms with Crippen LogP contribution in [0, 0.1) is 0 Å². The van der Waals surface area contributed by atoms with Crippen LogP contribution in [-0.4, -0.2) is 24.5 Å². The van der Waals surface area contributed by atoms with Crippen LogP contribution in [0.5, 0.6) is 0 Å². The molecule has 4 nitrogen and oxygen atoms in total. The van der Waals surface area contributed by atoms with Crippen molar-refractivity contribution in [2.75, 3.05) is 7.11 Å². The van der Waals surface area contributed by atoms with Crippen LogP contribution in [0.1, 0.15) is 28.3 Å². The van der Waals surface area contributed by atoms with Gasteiger partial charge in [-0.3, -0.25) is 4.79 Å². The minimum atomic E-state index is -0.955. The van der Waals surface area contributed by atoms with Crippen molar-refractivity contribution < 1.29 is 14.3 Å². The summed E-state index contributed by atoms with van der Waals surface area (Å²) in [5.41, 5.74) is 0.606. The third-order valence-electron chi connectivity index (χ3n) is 4.08. The van der Waals surface area contributed by atoms with Gasteiger partial charge in [-0.1, -0.05) is 48.5 Å². The molecule has 1 saturated carbocycles. The summed E-state index contributed by atoms with van der Waals surface area (Å²) in [5, 5.41) is 2.87. The number of carbonyl (C=O) groups excluding carboxylic acids is 2. The first-order valence-electron chi connectivity index (χ1n) is 7.18. The fourth-order valence-corrected chi connectivity index (χ4v) is 2.81. The van der Waals surface area contributed by atoms with Crippen LogP contribution >= 0.6 is 0 Å². The topological polar surface area (TPSA) is 55.4 Å². The van der Waals surface area contributed by atoms with Gasteiger partial charge in [0.2, 0.25) is 0 Å². The molecule has 0 bridgehead atoms. The number of carbonyl (C=O) groups is 2. The van der Waals surface area contributed by atoms with E-state index in [2.05, 4.69) is 5.32 Å². The predicted molar refractivity (Wildman–Crippen MR) is 82.5 cm³/mol. The maximum Gasteiger partial charge on any atom is 0.332 e. The molecule has 1 fully saturated rings. The highest BCUT2D eigenvalue weighted by Gasteiger charge is 2.62. The third kappa shape index (κ3) is 2.48. The smallest absolute Gasteiger partial charge is 0.332 e. The molecular formula is C18H17NO3. The normalized spacial score (nSPS) is 22.7. The lowest BCUT2D eigenvalue weighted by Gasteiger charge is -2.17. The van der Waals surface area contributed by atoms with E-state index in [1.807, 2.05) is 36.4 Å². The average Bonchev–Trinajstić information content (AvgIpc) is 3.31. The van der Waals surface area contributed by atoms with Gasteiger partial charge in [0, 0.05) is 11.5 Å². The molecule has 0 aromatic heterocycles. The van der Waals surface area contributed by atoms with Gasteiger partial charge in [0.15, 0.2) is 0 Å². The Labute approximate surface area is 129 Å². The Balaban J connectivity index is 1.84. The standard InChI is InChI=1S/C18H17NO3/c1-22-17(21)18(12-15(18)13-8-4-2-5-9-13)19-16(20)14-10-6-3-7-11-14/h2-11,15H,12H2,1H3,(H,19,20)/t15-,18+/m0/s1. The molecule has 2 atom stereocenters. The Kier molecular flexibility index (Phi) is 3.67. The fraction of sp³-hybridized carbons (Fsp3) is 0.222. The number of nitrogens with one attached hydrogen (secondary N) is 1. The molecule has 2 aromatic carbocycles. The summed E-state index contributed by atoms with van der Waals surface area (Å²) < 4.78 is 4.91. The molecule has 2 aromatic rings. The number of hydrogen-bond acceptors (Lipinski definition) is 3. The van der Waals surface area contributed by atoms with E-state index >= 15 is 0 Å². The highest BCUT2D eigenvalue weighted by molar-refractivity contribution is 6.00. The Hall–Kier alpha value is -2.62. The highest BCUT2D eigenvalue weighted by atomic mass is 16.5. The Morgan fingerprint density at radius 1 is 1.05 bits per heavy atom. The number of hydrogen-bond donors (Lipinski definition) is 1. The van der Waals surface area contributed by atoms with Crippen molar-refractivity contribution in [1.29, 1.82) is 0 Å². The number of ether oxygens (including phenoxy) is 1. The van der Waals surface area contributed by atoms with E-state index in [4.69, 9.17) is 4.74 Å². The van der Waals surface area contributed by atoms with E-state index < -0.39 is 11.5 Å². The van der Waals surface area contributed by atoms with E-state index in [0.29, 0.717) is 12.0 Å². The first kappa shape index (κ1) is 14.3. The zero-order valence-electron chi connectivity index (χ0n) is 12.3. The maximum atomic E-state index is 12.4. The number of amides is 1. The average molecular weight is 295 g/mol. The van der Waals surface area contributed by atoms with Crippen LogP contribution in [0.3, 0.4) is 0 Å². The summed E-state index contributed by atoms with van der Waals surface area (Å²) in [5.74, 6) is -0.705. The van der Waals surface area contributed by atoms with Crippen molar-refractivity contribution in [2.24, 2.45) is 0 Å². The van der Waals surface area contributed by atoms with E-state index in [1.54, 1.807) is 24.3 Å². The van der Waals surface area contributed by atoms with Crippen molar-refractivity contribution in [1.82, 2.24) is 5.32 Å². The van der Waals surface area contributed by atoms with Gasteiger partial charge in [-0.15, -0.1) is 0 Å². The molecule has 1 amide bonds. The summed E-state index contributed by atoms with van der Waals surface area (Å²) in [4.78, 5) is 24.6. The van der Waals surface area contributed by atoms with E-state index in [0.717, 1.165) is 5.56 Å². The number of rotatable bonds is 4. The molecule has 0 unspecified atom stereocenters. The van der Waals surface area contributed by atoms with Crippen LogP contribution in [0.15, 0.2) is 60.7 Å². The number of methoxy groups -OCH3 is 1. The number of esters is 1. The SMILES string of the molecule is COC(=O)[C@@]1(NC(=O)c2ccccc2)C[C@H]1c1ccccc1. The lowest BCUT2D eigenvalue weighted by atomic mass is 10.1. The summed E-state index contributed by atoms with van der Waals surface area (Å²) >= 11 is 0. The first-order chi connectivity index (χ1) is 10.7. The van der Waals surface area contributed by atoms with E-state index in [1.165, 1.54) is 7.11 Å². The van der Waals surface area contributed by atoms with Gasteiger partial charge in [-0.2, -0.15) is 0 Å². The predicted octanol–water partition coefficient (Wildman–Crippen LogP) is 2.52. The van der Waals surface area contributed by atoms with Crippen LogP contribution in [-0.2, 0) is 9.53 Å². The van der Waals surface area contributed by atoms with Crippen LogP contribution in [0.4, 0.5) is 0 Å². The van der Waals surface area contributed by atoms with Crippen LogP contribution in [0.25, 0.3) is 0 Å². The molecule has 22 heavy (non-hydrogen) atoms. The third-order valence-corrected chi connectivity index (χ3v) is 4.08. The molecule has 3 rings (SSSR count). The van der Waals surface area contributed by atoms with Gasteiger partial charge in [-0.05, 0) is 24.1 Å². The van der Waals surface area contributed by atoms with E-state index in [9.17, 15) is 9.59 Å². The second-order valence-electron chi connectivity index (χ2n) is 5.45. The minimum Gasteiger partial charge on any atom is -0.467 e. The van der Waals surface area contributed by atoms with Gasteiger partial charge >= 0.3 is 5.97 Å². The molecule has 1 aliphatic carbocycles. The fourth-order valence-electron chi connectivity index (χ4n) is 2.81. The Morgan fingerprint density at radius 3 is 2.23 bits per heavy atom. The van der Waals surface area contributed by atoms with Gasteiger partial charge < -0.3 is 10.1 Å². The maximum absolute atomic E-state index is 12.4. The first-order valence-corrected chi connectivity index (χ1v) is 7.18. The quantitative estimate of drug-likeness (QED) is 0.882. The van der Waals surface area contributed by atoms with Crippen LogP contribution in [0.2, 0.25) is 0 Å². The molecule has 0 radical (unpaired) electrons. The Morgan fingerprint density at radius 2 is 1.64 bits per heavy atom. The number of benzene rings is 2. The molecule has 0 aliphatic heterocycles. The second kappa shape index (κ2) is 5.64. The molecule has 0 spiro atoms.